The Hall–Kier alpha value is -4.59. The van der Waals surface area contributed by atoms with Crippen molar-refractivity contribution in [1.82, 2.24) is 14.8 Å². The average Bonchev–Trinajstić information content (AvgIpc) is 3.36. The minimum Gasteiger partial charge on any atom is -0.493 e. The molecule has 1 aliphatic heterocycles. The van der Waals surface area contributed by atoms with Gasteiger partial charge in [0.1, 0.15) is 19.0 Å². The Morgan fingerprint density at radius 2 is 1.86 bits per heavy atom. The van der Waals surface area contributed by atoms with Crippen LogP contribution in [0.3, 0.4) is 0 Å². The van der Waals surface area contributed by atoms with Gasteiger partial charge in [-0.15, -0.1) is 0 Å². The molecular formula is C29H29N5O3. The lowest BCUT2D eigenvalue weighted by Gasteiger charge is -2.30. The van der Waals surface area contributed by atoms with Gasteiger partial charge in [0, 0.05) is 16.9 Å². The second kappa shape index (κ2) is 10.2. The van der Waals surface area contributed by atoms with Crippen LogP contribution in [-0.4, -0.2) is 27.8 Å². The van der Waals surface area contributed by atoms with Crippen molar-refractivity contribution in [1.29, 1.82) is 0 Å². The zero-order valence-electron chi connectivity index (χ0n) is 21.3. The van der Waals surface area contributed by atoms with E-state index in [0.29, 0.717) is 35.3 Å². The van der Waals surface area contributed by atoms with Gasteiger partial charge in [0.05, 0.1) is 12.7 Å². The number of allylic oxidation sites excluding steroid dienone is 1. The summed E-state index contributed by atoms with van der Waals surface area (Å²) in [6, 6.07) is 20.9. The largest absolute Gasteiger partial charge is 0.493 e. The van der Waals surface area contributed by atoms with E-state index < -0.39 is 6.04 Å². The van der Waals surface area contributed by atoms with Gasteiger partial charge in [-0.05, 0) is 44.0 Å². The van der Waals surface area contributed by atoms with E-state index >= 15 is 0 Å². The fourth-order valence-electron chi connectivity index (χ4n) is 4.61. The number of hydrogen-bond acceptors (Lipinski definition) is 6. The van der Waals surface area contributed by atoms with Crippen LogP contribution >= 0.6 is 0 Å². The molecular weight excluding hydrogens is 466 g/mol. The molecule has 4 aromatic rings. The van der Waals surface area contributed by atoms with Gasteiger partial charge in [0.15, 0.2) is 11.5 Å². The fraction of sp³-hybridized carbons (Fsp3) is 0.207. The standard InChI is InChI=1S/C29H29N5O3/c1-18-13-14-23(19(2)15-18)33-28(35)25-20(3)32-29-30-17-31-34(29)26(25)22-11-8-12-24(36-4)27(22)37-16-21-9-6-5-7-10-21/h5-15,17,26H,16H2,1-4H3,(H,33,35)(H,30,31,32). The lowest BCUT2D eigenvalue weighted by Crippen LogP contribution is -2.32. The number of aryl methyl sites for hydroxylation is 2. The number of ether oxygens (including phenoxy) is 2. The maximum absolute atomic E-state index is 13.8. The van der Waals surface area contributed by atoms with E-state index in [1.54, 1.807) is 11.8 Å². The van der Waals surface area contributed by atoms with Crippen molar-refractivity contribution in [2.45, 2.75) is 33.4 Å². The third-order valence-corrected chi connectivity index (χ3v) is 6.42. The van der Waals surface area contributed by atoms with Gasteiger partial charge in [0.2, 0.25) is 5.95 Å². The molecule has 37 heavy (non-hydrogen) atoms. The molecule has 1 atom stereocenters. The number of hydrogen-bond donors (Lipinski definition) is 2. The number of amides is 1. The average molecular weight is 496 g/mol. The van der Waals surface area contributed by atoms with Crippen molar-refractivity contribution < 1.29 is 14.3 Å². The number of carbonyl (C=O) groups excluding carboxylic acids is 1. The number of carbonyl (C=O) groups is 1. The number of rotatable bonds is 7. The molecule has 1 amide bonds. The quantitative estimate of drug-likeness (QED) is 0.356. The molecule has 2 N–H and O–H groups in total. The second-order valence-electron chi connectivity index (χ2n) is 9.02. The number of aromatic nitrogens is 3. The molecule has 0 aliphatic carbocycles. The molecule has 8 nitrogen and oxygen atoms in total. The van der Waals surface area contributed by atoms with Crippen LogP contribution in [0.1, 0.15) is 35.2 Å². The van der Waals surface area contributed by atoms with Gasteiger partial charge in [-0.2, -0.15) is 10.1 Å². The fourth-order valence-corrected chi connectivity index (χ4v) is 4.61. The Morgan fingerprint density at radius 1 is 1.05 bits per heavy atom. The van der Waals surface area contributed by atoms with Gasteiger partial charge in [-0.3, -0.25) is 4.79 Å². The van der Waals surface area contributed by atoms with E-state index in [9.17, 15) is 4.79 Å². The Balaban J connectivity index is 1.58. The zero-order valence-corrected chi connectivity index (χ0v) is 21.3. The van der Waals surface area contributed by atoms with Crippen molar-refractivity contribution in [3.05, 3.63) is 107 Å². The summed E-state index contributed by atoms with van der Waals surface area (Å²) in [7, 11) is 1.60. The van der Waals surface area contributed by atoms with Crippen LogP contribution in [0.25, 0.3) is 0 Å². The highest BCUT2D eigenvalue weighted by Gasteiger charge is 2.36. The maximum Gasteiger partial charge on any atom is 0.255 e. The maximum atomic E-state index is 13.8. The van der Waals surface area contributed by atoms with Crippen molar-refractivity contribution in [3.8, 4) is 11.5 Å². The van der Waals surface area contributed by atoms with Crippen molar-refractivity contribution in [2.75, 3.05) is 17.7 Å². The summed E-state index contributed by atoms with van der Waals surface area (Å²) in [6.07, 6.45) is 1.47. The molecule has 5 rings (SSSR count). The van der Waals surface area contributed by atoms with Crippen LogP contribution in [-0.2, 0) is 11.4 Å². The monoisotopic (exact) mass is 495 g/mol. The summed E-state index contributed by atoms with van der Waals surface area (Å²) in [6.45, 7) is 6.22. The first-order chi connectivity index (χ1) is 18.0. The number of para-hydroxylation sites is 1. The molecule has 1 aliphatic rings. The van der Waals surface area contributed by atoms with Crippen LogP contribution in [0.4, 0.5) is 11.6 Å². The molecule has 0 fully saturated rings. The van der Waals surface area contributed by atoms with Gasteiger partial charge < -0.3 is 20.1 Å². The minimum absolute atomic E-state index is 0.236. The van der Waals surface area contributed by atoms with Crippen LogP contribution < -0.4 is 20.1 Å². The summed E-state index contributed by atoms with van der Waals surface area (Å²) < 4.78 is 13.7. The number of benzene rings is 3. The van der Waals surface area contributed by atoms with Crippen LogP contribution in [0.2, 0.25) is 0 Å². The molecule has 0 bridgehead atoms. The van der Waals surface area contributed by atoms with Crippen LogP contribution in [0.15, 0.2) is 84.3 Å². The molecule has 0 saturated carbocycles. The van der Waals surface area contributed by atoms with Crippen molar-refractivity contribution >= 4 is 17.5 Å². The smallest absolute Gasteiger partial charge is 0.255 e. The summed E-state index contributed by atoms with van der Waals surface area (Å²) in [4.78, 5) is 18.2. The molecule has 188 valence electrons. The summed E-state index contributed by atoms with van der Waals surface area (Å²) in [5, 5.41) is 10.8. The molecule has 0 radical (unpaired) electrons. The van der Waals surface area contributed by atoms with E-state index in [1.165, 1.54) is 6.33 Å². The molecule has 8 heteroatoms. The van der Waals surface area contributed by atoms with E-state index in [2.05, 4.69) is 20.7 Å². The zero-order chi connectivity index (χ0) is 25.9. The molecule has 0 spiro atoms. The Morgan fingerprint density at radius 3 is 2.62 bits per heavy atom. The Kier molecular flexibility index (Phi) is 6.64. The molecule has 1 aromatic heterocycles. The number of anilines is 2. The Labute approximate surface area is 216 Å². The van der Waals surface area contributed by atoms with Crippen LogP contribution in [0, 0.1) is 13.8 Å². The van der Waals surface area contributed by atoms with Gasteiger partial charge >= 0.3 is 0 Å². The molecule has 0 saturated heterocycles. The highest BCUT2D eigenvalue weighted by molar-refractivity contribution is 6.06. The van der Waals surface area contributed by atoms with Crippen molar-refractivity contribution in [2.24, 2.45) is 0 Å². The third-order valence-electron chi connectivity index (χ3n) is 6.42. The highest BCUT2D eigenvalue weighted by Crippen LogP contribution is 2.43. The highest BCUT2D eigenvalue weighted by atomic mass is 16.5. The first-order valence-corrected chi connectivity index (χ1v) is 12.1. The SMILES string of the molecule is COc1cccc(C2C(C(=O)Nc3ccc(C)cc3C)=C(C)Nc3ncnn32)c1OCc1ccccc1. The van der Waals surface area contributed by atoms with Gasteiger partial charge in [0.25, 0.3) is 5.91 Å². The van der Waals surface area contributed by atoms with E-state index in [4.69, 9.17) is 9.47 Å². The topological polar surface area (TPSA) is 90.3 Å². The van der Waals surface area contributed by atoms with Gasteiger partial charge in [-0.25, -0.2) is 4.68 Å². The summed E-state index contributed by atoms with van der Waals surface area (Å²) in [5.41, 5.74) is 5.83. The number of nitrogens with zero attached hydrogens (tertiary/aromatic N) is 3. The normalized spacial score (nSPS) is 14.5. The van der Waals surface area contributed by atoms with Crippen molar-refractivity contribution in [3.63, 3.8) is 0 Å². The predicted octanol–water partition coefficient (Wildman–Crippen LogP) is 5.41. The number of fused-ring (bicyclic) bond motifs is 1. The van der Waals surface area contributed by atoms with E-state index in [0.717, 1.165) is 27.9 Å². The predicted molar refractivity (Wildman–Crippen MR) is 143 cm³/mol. The first kappa shape index (κ1) is 24.1. The summed E-state index contributed by atoms with van der Waals surface area (Å²) >= 11 is 0. The third kappa shape index (κ3) is 4.78. The lowest BCUT2D eigenvalue weighted by molar-refractivity contribution is -0.113. The molecule has 3 aromatic carbocycles. The summed E-state index contributed by atoms with van der Waals surface area (Å²) in [5.74, 6) is 1.43. The molecule has 2 heterocycles. The minimum atomic E-state index is -0.592. The lowest BCUT2D eigenvalue weighted by atomic mass is 9.93. The number of nitrogens with one attached hydrogen (secondary N) is 2. The Bertz CT molecular complexity index is 1480. The van der Waals surface area contributed by atoms with E-state index in [1.807, 2.05) is 87.5 Å². The second-order valence-corrected chi connectivity index (χ2v) is 9.02. The van der Waals surface area contributed by atoms with Gasteiger partial charge in [-0.1, -0.05) is 60.2 Å². The molecule has 1 unspecified atom stereocenters. The first-order valence-electron chi connectivity index (χ1n) is 12.1. The number of methoxy groups -OCH3 is 1. The van der Waals surface area contributed by atoms with Crippen LogP contribution in [0.5, 0.6) is 11.5 Å². The van der Waals surface area contributed by atoms with E-state index in [-0.39, 0.29) is 5.91 Å².